The number of nitrogen functional groups attached to an aromatic ring is 1. The van der Waals surface area contributed by atoms with Crippen LogP contribution in [0, 0.1) is 0 Å². The maximum Gasteiger partial charge on any atom is 0.267 e. The summed E-state index contributed by atoms with van der Waals surface area (Å²) in [7, 11) is -1.86. The second-order valence-electron chi connectivity index (χ2n) is 4.52. The van der Waals surface area contributed by atoms with Crippen molar-refractivity contribution in [2.24, 2.45) is 7.05 Å². The molecular formula is C12H14N4O2S. The Balaban J connectivity index is 2.09. The second kappa shape index (κ2) is 3.99. The third-order valence-corrected chi connectivity index (χ3v) is 5.06. The highest BCUT2D eigenvalue weighted by Gasteiger charge is 2.32. The molecule has 1 aromatic carbocycles. The summed E-state index contributed by atoms with van der Waals surface area (Å²) in [6.45, 7) is 0.417. The molecule has 1 aromatic heterocycles. The highest BCUT2D eigenvalue weighted by atomic mass is 32.2. The Kier molecular flexibility index (Phi) is 2.53. The van der Waals surface area contributed by atoms with Crippen molar-refractivity contribution < 1.29 is 8.42 Å². The first kappa shape index (κ1) is 12.0. The molecular weight excluding hydrogens is 264 g/mol. The van der Waals surface area contributed by atoms with Gasteiger partial charge in [0.25, 0.3) is 10.0 Å². The lowest BCUT2D eigenvalue weighted by Crippen LogP contribution is -2.28. The van der Waals surface area contributed by atoms with Crippen molar-refractivity contribution in [1.29, 1.82) is 0 Å². The van der Waals surface area contributed by atoms with Gasteiger partial charge in [0.05, 0.1) is 11.9 Å². The number of sulfonamides is 1. The van der Waals surface area contributed by atoms with Crippen LogP contribution in [-0.4, -0.2) is 24.7 Å². The molecule has 2 heterocycles. The Morgan fingerprint density at radius 1 is 1.37 bits per heavy atom. The number of rotatable bonds is 2. The molecule has 0 saturated carbocycles. The first-order valence-corrected chi connectivity index (χ1v) is 7.33. The summed E-state index contributed by atoms with van der Waals surface area (Å²) in [5.41, 5.74) is 8.09. The Hall–Kier alpha value is -2.02. The zero-order chi connectivity index (χ0) is 13.6. The first-order valence-electron chi connectivity index (χ1n) is 5.89. The maximum absolute atomic E-state index is 12.6. The number of hydrogen-bond donors (Lipinski definition) is 1. The quantitative estimate of drug-likeness (QED) is 0.822. The van der Waals surface area contributed by atoms with E-state index in [4.69, 9.17) is 5.73 Å². The molecule has 6 nitrogen and oxygen atoms in total. The largest absolute Gasteiger partial charge is 0.398 e. The molecule has 100 valence electrons. The summed E-state index contributed by atoms with van der Waals surface area (Å²) < 4.78 is 28.0. The van der Waals surface area contributed by atoms with Crippen molar-refractivity contribution >= 4 is 21.4 Å². The molecule has 3 rings (SSSR count). The van der Waals surface area contributed by atoms with Gasteiger partial charge in [0.2, 0.25) is 0 Å². The molecule has 19 heavy (non-hydrogen) atoms. The molecule has 0 aliphatic carbocycles. The van der Waals surface area contributed by atoms with Gasteiger partial charge in [0.1, 0.15) is 4.90 Å². The minimum absolute atomic E-state index is 0.199. The third kappa shape index (κ3) is 1.77. The van der Waals surface area contributed by atoms with E-state index in [9.17, 15) is 8.42 Å². The third-order valence-electron chi connectivity index (χ3n) is 3.29. The molecule has 0 fully saturated rings. The highest BCUT2D eigenvalue weighted by Crippen LogP contribution is 2.35. The SMILES string of the molecule is Cn1cc(S(=O)(=O)N2CCc3c(N)cccc32)cn1. The van der Waals surface area contributed by atoms with E-state index in [2.05, 4.69) is 5.10 Å². The topological polar surface area (TPSA) is 81.2 Å². The number of anilines is 2. The maximum atomic E-state index is 12.6. The smallest absolute Gasteiger partial charge is 0.267 e. The molecule has 0 bridgehead atoms. The van der Waals surface area contributed by atoms with Gasteiger partial charge in [-0.05, 0) is 18.6 Å². The second-order valence-corrected chi connectivity index (χ2v) is 6.38. The summed E-state index contributed by atoms with van der Waals surface area (Å²) in [4.78, 5) is 0.199. The van der Waals surface area contributed by atoms with Gasteiger partial charge in [-0.3, -0.25) is 8.99 Å². The van der Waals surface area contributed by atoms with Crippen LogP contribution in [-0.2, 0) is 23.5 Å². The number of aryl methyl sites for hydroxylation is 1. The van der Waals surface area contributed by atoms with Crippen molar-refractivity contribution in [2.75, 3.05) is 16.6 Å². The zero-order valence-electron chi connectivity index (χ0n) is 10.4. The molecule has 1 aliphatic rings. The molecule has 7 heteroatoms. The highest BCUT2D eigenvalue weighted by molar-refractivity contribution is 7.92. The zero-order valence-corrected chi connectivity index (χ0v) is 11.3. The summed E-state index contributed by atoms with van der Waals surface area (Å²) >= 11 is 0. The number of benzene rings is 1. The Morgan fingerprint density at radius 3 is 2.84 bits per heavy atom. The van der Waals surface area contributed by atoms with Gasteiger partial charge in [-0.1, -0.05) is 6.07 Å². The number of aromatic nitrogens is 2. The summed E-state index contributed by atoms with van der Waals surface area (Å²) in [5.74, 6) is 0. The molecule has 0 saturated heterocycles. The van der Waals surface area contributed by atoms with Crippen molar-refractivity contribution in [3.05, 3.63) is 36.2 Å². The lowest BCUT2D eigenvalue weighted by molar-refractivity contribution is 0.592. The summed E-state index contributed by atoms with van der Waals surface area (Å²) in [6, 6.07) is 5.34. The Morgan fingerprint density at radius 2 is 2.16 bits per heavy atom. The van der Waals surface area contributed by atoms with E-state index in [0.29, 0.717) is 24.3 Å². The van der Waals surface area contributed by atoms with Crippen LogP contribution in [0.3, 0.4) is 0 Å². The van der Waals surface area contributed by atoms with E-state index in [-0.39, 0.29) is 4.90 Å². The summed E-state index contributed by atoms with van der Waals surface area (Å²) in [6.07, 6.45) is 3.50. The minimum Gasteiger partial charge on any atom is -0.398 e. The van der Waals surface area contributed by atoms with Gasteiger partial charge >= 0.3 is 0 Å². The average molecular weight is 278 g/mol. The van der Waals surface area contributed by atoms with Crippen molar-refractivity contribution in [3.8, 4) is 0 Å². The van der Waals surface area contributed by atoms with Crippen LogP contribution >= 0.6 is 0 Å². The van der Waals surface area contributed by atoms with E-state index in [1.807, 2.05) is 0 Å². The van der Waals surface area contributed by atoms with E-state index < -0.39 is 10.0 Å². The lowest BCUT2D eigenvalue weighted by atomic mass is 10.1. The molecule has 1 aliphatic heterocycles. The van der Waals surface area contributed by atoms with Crippen molar-refractivity contribution in [1.82, 2.24) is 9.78 Å². The minimum atomic E-state index is -3.55. The monoisotopic (exact) mass is 278 g/mol. The van der Waals surface area contributed by atoms with Gasteiger partial charge in [-0.25, -0.2) is 8.42 Å². The fourth-order valence-electron chi connectivity index (χ4n) is 2.34. The van der Waals surface area contributed by atoms with Crippen molar-refractivity contribution in [3.63, 3.8) is 0 Å². The molecule has 0 radical (unpaired) electrons. The van der Waals surface area contributed by atoms with Gasteiger partial charge in [0, 0.05) is 31.0 Å². The number of nitrogens with two attached hydrogens (primary N) is 1. The molecule has 2 aromatic rings. The fraction of sp³-hybridized carbons (Fsp3) is 0.250. The van der Waals surface area contributed by atoms with Crippen LogP contribution in [0.5, 0.6) is 0 Å². The number of hydrogen-bond acceptors (Lipinski definition) is 4. The Labute approximate surface area is 111 Å². The van der Waals surface area contributed by atoms with E-state index in [0.717, 1.165) is 5.56 Å². The van der Waals surface area contributed by atoms with Gasteiger partial charge < -0.3 is 5.73 Å². The number of fused-ring (bicyclic) bond motifs is 1. The van der Waals surface area contributed by atoms with Gasteiger partial charge in [-0.15, -0.1) is 0 Å². The average Bonchev–Trinajstić information content (AvgIpc) is 2.96. The Bertz CT molecular complexity index is 736. The van der Waals surface area contributed by atoms with Crippen LogP contribution in [0.4, 0.5) is 11.4 Å². The molecule has 0 atom stereocenters. The fourth-order valence-corrected chi connectivity index (χ4v) is 3.82. The van der Waals surface area contributed by atoms with E-state index in [1.165, 1.54) is 21.4 Å². The van der Waals surface area contributed by atoms with Gasteiger partial charge in [-0.2, -0.15) is 5.10 Å². The van der Waals surface area contributed by atoms with Crippen LogP contribution < -0.4 is 10.0 Å². The first-order chi connectivity index (χ1) is 9.00. The lowest BCUT2D eigenvalue weighted by Gasteiger charge is -2.18. The molecule has 0 amide bonds. The van der Waals surface area contributed by atoms with Crippen LogP contribution in [0.25, 0.3) is 0 Å². The standard InChI is InChI=1S/C12H14N4O2S/c1-15-8-9(7-14-15)19(17,18)16-6-5-10-11(13)3-2-4-12(10)16/h2-4,7-8H,5-6,13H2,1H3. The molecule has 2 N–H and O–H groups in total. The molecule has 0 unspecified atom stereocenters. The van der Waals surface area contributed by atoms with Crippen molar-refractivity contribution in [2.45, 2.75) is 11.3 Å². The number of nitrogens with zero attached hydrogens (tertiary/aromatic N) is 3. The van der Waals surface area contributed by atoms with Gasteiger partial charge in [0.15, 0.2) is 0 Å². The predicted octanol–water partition coefficient (Wildman–Crippen LogP) is 0.754. The predicted molar refractivity (Wildman–Crippen MR) is 72.3 cm³/mol. The molecule has 0 spiro atoms. The van der Waals surface area contributed by atoms with Crippen LogP contribution in [0.2, 0.25) is 0 Å². The van der Waals surface area contributed by atoms with Crippen LogP contribution in [0.1, 0.15) is 5.56 Å². The van der Waals surface area contributed by atoms with E-state index >= 15 is 0 Å². The normalized spacial score (nSPS) is 14.7. The summed E-state index contributed by atoms with van der Waals surface area (Å²) in [5, 5.41) is 3.91. The van der Waals surface area contributed by atoms with Crippen LogP contribution in [0.15, 0.2) is 35.5 Å². The van der Waals surface area contributed by atoms with E-state index in [1.54, 1.807) is 25.2 Å².